The summed E-state index contributed by atoms with van der Waals surface area (Å²) in [6, 6.07) is 8.38. The summed E-state index contributed by atoms with van der Waals surface area (Å²) in [5.74, 6) is 0.163. The Labute approximate surface area is 161 Å². The van der Waals surface area contributed by atoms with Crippen LogP contribution in [-0.4, -0.2) is 30.9 Å². The Morgan fingerprint density at radius 1 is 1.26 bits per heavy atom. The number of hydrogen-bond acceptors (Lipinski definition) is 5. The van der Waals surface area contributed by atoms with Gasteiger partial charge in [-0.05, 0) is 50.6 Å². The van der Waals surface area contributed by atoms with Crippen molar-refractivity contribution in [1.82, 2.24) is 19.7 Å². The lowest BCUT2D eigenvalue weighted by molar-refractivity contribution is -0.115. The fraction of sp³-hybridized carbons (Fsp3) is 0.263. The summed E-state index contributed by atoms with van der Waals surface area (Å²) < 4.78 is 15.6. The first-order valence-corrected chi connectivity index (χ1v) is 9.44. The molecule has 0 saturated carbocycles. The monoisotopic (exact) mass is 385 g/mol. The summed E-state index contributed by atoms with van der Waals surface area (Å²) in [6.45, 7) is 6.13. The predicted octanol–water partition coefficient (Wildman–Crippen LogP) is 3.93. The van der Waals surface area contributed by atoms with Crippen LogP contribution in [0.15, 0.2) is 47.9 Å². The number of nitrogens with zero attached hydrogens (tertiary/aromatic N) is 4. The first-order valence-electron chi connectivity index (χ1n) is 8.57. The van der Waals surface area contributed by atoms with Crippen molar-refractivity contribution in [3.63, 3.8) is 0 Å². The number of carbonyl (C=O) groups is 1. The molecule has 27 heavy (non-hydrogen) atoms. The summed E-state index contributed by atoms with van der Waals surface area (Å²) in [6.07, 6.45) is 3.40. The lowest BCUT2D eigenvalue weighted by Gasteiger charge is -2.13. The van der Waals surface area contributed by atoms with Crippen molar-refractivity contribution in [2.75, 3.05) is 5.32 Å². The van der Waals surface area contributed by atoms with E-state index in [2.05, 4.69) is 20.5 Å². The summed E-state index contributed by atoms with van der Waals surface area (Å²) in [5, 5.41) is 11.5. The van der Waals surface area contributed by atoms with Crippen LogP contribution in [0.2, 0.25) is 0 Å². The Kier molecular flexibility index (Phi) is 5.85. The zero-order valence-corrected chi connectivity index (χ0v) is 16.1. The molecule has 1 N–H and O–H groups in total. The minimum atomic E-state index is -0.422. The van der Waals surface area contributed by atoms with E-state index in [4.69, 9.17) is 0 Å². The van der Waals surface area contributed by atoms with Crippen molar-refractivity contribution in [3.8, 4) is 11.4 Å². The molecule has 140 valence electrons. The highest BCUT2D eigenvalue weighted by Crippen LogP contribution is 2.27. The molecule has 8 heteroatoms. The molecule has 0 aliphatic carbocycles. The van der Waals surface area contributed by atoms with Crippen molar-refractivity contribution in [3.05, 3.63) is 54.1 Å². The summed E-state index contributed by atoms with van der Waals surface area (Å²) in [7, 11) is 0. The number of aromatic nitrogens is 4. The maximum Gasteiger partial charge on any atom is 0.237 e. The van der Waals surface area contributed by atoms with Crippen molar-refractivity contribution < 1.29 is 9.18 Å². The van der Waals surface area contributed by atoms with Gasteiger partial charge in [0.05, 0.1) is 5.25 Å². The van der Waals surface area contributed by atoms with Crippen molar-refractivity contribution in [2.24, 2.45) is 0 Å². The number of benzene rings is 1. The van der Waals surface area contributed by atoms with Crippen LogP contribution in [0.3, 0.4) is 0 Å². The minimum absolute atomic E-state index is 0.223. The molecule has 0 saturated heterocycles. The van der Waals surface area contributed by atoms with Crippen LogP contribution in [0.4, 0.5) is 10.1 Å². The Hall–Kier alpha value is -2.74. The maximum atomic E-state index is 13.7. The SMILES string of the molecule is CCn1c(S[C@@H](C)C(=O)Nc2ccc(C)c(F)c2)nnc1-c1ccncc1. The third kappa shape index (κ3) is 4.33. The van der Waals surface area contributed by atoms with Gasteiger partial charge in [0.15, 0.2) is 11.0 Å². The van der Waals surface area contributed by atoms with E-state index in [0.29, 0.717) is 23.0 Å². The van der Waals surface area contributed by atoms with Crippen LogP contribution >= 0.6 is 11.8 Å². The highest BCUT2D eigenvalue weighted by Gasteiger charge is 2.20. The van der Waals surface area contributed by atoms with Crippen LogP contribution in [0.25, 0.3) is 11.4 Å². The molecule has 1 aromatic carbocycles. The number of nitrogens with one attached hydrogen (secondary N) is 1. The highest BCUT2D eigenvalue weighted by atomic mass is 32.2. The Morgan fingerprint density at radius 2 is 2.00 bits per heavy atom. The van der Waals surface area contributed by atoms with Crippen LogP contribution < -0.4 is 5.32 Å². The summed E-state index contributed by atoms with van der Waals surface area (Å²) in [5.41, 5.74) is 1.89. The van der Waals surface area contributed by atoms with Gasteiger partial charge in [-0.1, -0.05) is 17.8 Å². The van der Waals surface area contributed by atoms with E-state index in [0.717, 1.165) is 11.4 Å². The average Bonchev–Trinajstić information content (AvgIpc) is 3.08. The number of pyridine rings is 1. The van der Waals surface area contributed by atoms with E-state index in [1.54, 1.807) is 38.4 Å². The van der Waals surface area contributed by atoms with Gasteiger partial charge in [-0.25, -0.2) is 4.39 Å². The minimum Gasteiger partial charge on any atom is -0.325 e. The number of thioether (sulfide) groups is 1. The van der Waals surface area contributed by atoms with Crippen molar-refractivity contribution in [1.29, 1.82) is 0 Å². The van der Waals surface area contributed by atoms with Gasteiger partial charge in [0.2, 0.25) is 5.91 Å². The van der Waals surface area contributed by atoms with E-state index in [1.807, 2.05) is 23.6 Å². The Bertz CT molecular complexity index is 945. The van der Waals surface area contributed by atoms with E-state index in [-0.39, 0.29) is 11.7 Å². The fourth-order valence-corrected chi connectivity index (χ4v) is 3.41. The molecule has 3 rings (SSSR count). The molecular weight excluding hydrogens is 365 g/mol. The molecule has 0 aliphatic heterocycles. The van der Waals surface area contributed by atoms with Crippen LogP contribution in [-0.2, 0) is 11.3 Å². The standard InChI is InChI=1S/C19H20FN5OS/c1-4-25-17(14-7-9-21-10-8-14)23-24-19(25)27-13(3)18(26)22-15-6-5-12(2)16(20)11-15/h5-11,13H,4H2,1-3H3,(H,22,26)/t13-/m0/s1. The predicted molar refractivity (Wildman–Crippen MR) is 104 cm³/mol. The van der Waals surface area contributed by atoms with Gasteiger partial charge < -0.3 is 9.88 Å². The van der Waals surface area contributed by atoms with E-state index in [9.17, 15) is 9.18 Å². The summed E-state index contributed by atoms with van der Waals surface area (Å²) in [4.78, 5) is 16.5. The van der Waals surface area contributed by atoms with Gasteiger partial charge in [0.1, 0.15) is 5.82 Å². The molecule has 0 bridgehead atoms. The second-order valence-corrected chi connectivity index (χ2v) is 7.31. The molecule has 0 radical (unpaired) electrons. The molecular formula is C19H20FN5OS. The molecule has 0 fully saturated rings. The summed E-state index contributed by atoms with van der Waals surface area (Å²) >= 11 is 1.31. The molecule has 0 spiro atoms. The number of aryl methyl sites for hydroxylation is 1. The van der Waals surface area contributed by atoms with Crippen LogP contribution in [0, 0.1) is 12.7 Å². The van der Waals surface area contributed by atoms with Gasteiger partial charge in [-0.3, -0.25) is 9.78 Å². The highest BCUT2D eigenvalue weighted by molar-refractivity contribution is 8.00. The quantitative estimate of drug-likeness (QED) is 0.651. The van der Waals surface area contributed by atoms with Gasteiger partial charge in [0, 0.05) is 30.2 Å². The maximum absolute atomic E-state index is 13.7. The van der Waals surface area contributed by atoms with Crippen molar-refractivity contribution >= 4 is 23.4 Å². The van der Waals surface area contributed by atoms with E-state index < -0.39 is 5.25 Å². The first-order chi connectivity index (χ1) is 13.0. The van der Waals surface area contributed by atoms with Crippen molar-refractivity contribution in [2.45, 2.75) is 37.7 Å². The third-order valence-corrected chi connectivity index (χ3v) is 5.14. The largest absolute Gasteiger partial charge is 0.325 e. The van der Waals surface area contributed by atoms with Crippen LogP contribution in [0.5, 0.6) is 0 Å². The molecule has 1 amide bonds. The molecule has 2 aromatic heterocycles. The van der Waals surface area contributed by atoms with Gasteiger partial charge in [-0.15, -0.1) is 10.2 Å². The zero-order valence-electron chi connectivity index (χ0n) is 15.3. The lowest BCUT2D eigenvalue weighted by atomic mass is 10.2. The topological polar surface area (TPSA) is 72.7 Å². The number of hydrogen-bond donors (Lipinski definition) is 1. The average molecular weight is 385 g/mol. The number of amides is 1. The number of rotatable bonds is 6. The zero-order chi connectivity index (χ0) is 19.4. The Balaban J connectivity index is 1.73. The number of carbonyl (C=O) groups excluding carboxylic acids is 1. The molecule has 1 atom stereocenters. The van der Waals surface area contributed by atoms with Gasteiger partial charge >= 0.3 is 0 Å². The van der Waals surface area contributed by atoms with Gasteiger partial charge in [0.25, 0.3) is 0 Å². The molecule has 0 unspecified atom stereocenters. The van der Waals surface area contributed by atoms with E-state index >= 15 is 0 Å². The second kappa shape index (κ2) is 8.30. The smallest absolute Gasteiger partial charge is 0.237 e. The van der Waals surface area contributed by atoms with Gasteiger partial charge in [-0.2, -0.15) is 0 Å². The third-order valence-electron chi connectivity index (χ3n) is 4.06. The molecule has 2 heterocycles. The second-order valence-electron chi connectivity index (χ2n) is 6.00. The number of halogens is 1. The first kappa shape index (κ1) is 19.0. The normalized spacial score (nSPS) is 12.0. The lowest BCUT2D eigenvalue weighted by Crippen LogP contribution is -2.23. The molecule has 0 aliphatic rings. The molecule has 3 aromatic rings. The fourth-order valence-electron chi connectivity index (χ4n) is 2.50. The number of anilines is 1. The van der Waals surface area contributed by atoms with Crippen LogP contribution in [0.1, 0.15) is 19.4 Å². The van der Waals surface area contributed by atoms with E-state index in [1.165, 1.54) is 17.8 Å². The molecule has 6 nitrogen and oxygen atoms in total. The Morgan fingerprint density at radius 3 is 2.67 bits per heavy atom.